The summed E-state index contributed by atoms with van der Waals surface area (Å²) in [5.41, 5.74) is 1.20. The molecule has 0 unspecified atom stereocenters. The topological polar surface area (TPSA) is 87.8 Å². The molecule has 2 aromatic rings. The zero-order valence-corrected chi connectivity index (χ0v) is 14.5. The largest absolute Gasteiger partial charge is 0.486 e. The normalized spacial score (nSPS) is 17.7. The van der Waals surface area contributed by atoms with Crippen LogP contribution < -0.4 is 19.8 Å². The van der Waals surface area contributed by atoms with Gasteiger partial charge in [0.05, 0.1) is 17.7 Å². The van der Waals surface area contributed by atoms with Crippen molar-refractivity contribution in [1.29, 1.82) is 0 Å². The van der Waals surface area contributed by atoms with E-state index in [0.717, 1.165) is 37.2 Å². The number of ether oxygens (including phenoxy) is 2. The van der Waals surface area contributed by atoms with E-state index in [2.05, 4.69) is 22.4 Å². The quantitative estimate of drug-likeness (QED) is 0.657. The van der Waals surface area contributed by atoms with Crippen LogP contribution in [0.2, 0.25) is 0 Å². The van der Waals surface area contributed by atoms with E-state index in [1.54, 1.807) is 12.3 Å². The number of nitro groups is 1. The molecule has 0 amide bonds. The molecule has 1 aliphatic heterocycles. The van der Waals surface area contributed by atoms with Crippen molar-refractivity contribution < 1.29 is 19.4 Å². The first-order valence-electron chi connectivity index (χ1n) is 8.97. The highest BCUT2D eigenvalue weighted by atomic mass is 16.6. The van der Waals surface area contributed by atoms with Crippen molar-refractivity contribution in [3.63, 3.8) is 0 Å². The van der Waals surface area contributed by atoms with Crippen molar-refractivity contribution in [3.05, 3.63) is 52.2 Å². The maximum Gasteiger partial charge on any atom is 0.357 e. The van der Waals surface area contributed by atoms with Gasteiger partial charge in [-0.3, -0.25) is 15.4 Å². The summed E-state index contributed by atoms with van der Waals surface area (Å²) in [6.07, 6.45) is 6.08. The van der Waals surface area contributed by atoms with Crippen molar-refractivity contribution in [3.8, 4) is 11.5 Å². The van der Waals surface area contributed by atoms with Crippen LogP contribution in [0.25, 0.3) is 0 Å². The second kappa shape index (κ2) is 6.82. The number of pyridine rings is 1. The molecule has 0 radical (unpaired) electrons. The fraction of sp³-hybridized carbons (Fsp3) is 0.421. The van der Waals surface area contributed by atoms with Gasteiger partial charge in [0.1, 0.15) is 13.2 Å². The van der Waals surface area contributed by atoms with Crippen LogP contribution in [0.1, 0.15) is 31.2 Å². The number of nitrogens with one attached hydrogen (secondary N) is 2. The van der Waals surface area contributed by atoms with Gasteiger partial charge in [0.25, 0.3) is 0 Å². The summed E-state index contributed by atoms with van der Waals surface area (Å²) in [6.45, 7) is 1.77. The highest BCUT2D eigenvalue weighted by Crippen LogP contribution is 2.44. The third-order valence-electron chi connectivity index (χ3n) is 5.35. The monoisotopic (exact) mass is 356 g/mol. The summed E-state index contributed by atoms with van der Waals surface area (Å²) >= 11 is 0. The second-order valence-electron chi connectivity index (χ2n) is 6.89. The Morgan fingerprint density at radius 1 is 1.15 bits per heavy atom. The first kappa shape index (κ1) is 16.6. The van der Waals surface area contributed by atoms with Gasteiger partial charge in [0, 0.05) is 11.5 Å². The summed E-state index contributed by atoms with van der Waals surface area (Å²) in [4.78, 5) is 13.8. The Hall–Kier alpha value is -2.83. The minimum Gasteiger partial charge on any atom is -0.486 e. The van der Waals surface area contributed by atoms with Gasteiger partial charge in [-0.25, -0.2) is 4.98 Å². The smallest absolute Gasteiger partial charge is 0.357 e. The molecule has 4 rings (SSSR count). The van der Waals surface area contributed by atoms with Crippen molar-refractivity contribution in [2.45, 2.75) is 31.1 Å². The third kappa shape index (κ3) is 3.05. The fourth-order valence-electron chi connectivity index (χ4n) is 3.97. The van der Waals surface area contributed by atoms with Crippen molar-refractivity contribution in [2.75, 3.05) is 25.1 Å². The molecule has 2 aliphatic rings. The molecule has 7 heteroatoms. The van der Waals surface area contributed by atoms with Crippen LogP contribution in [0.3, 0.4) is 0 Å². The number of rotatable bonds is 5. The molecular formula is C19H22N3O4+. The molecule has 0 spiro atoms. The van der Waals surface area contributed by atoms with Gasteiger partial charge in [-0.05, 0) is 36.6 Å². The Kier molecular flexibility index (Phi) is 4.36. The molecule has 2 N–H and O–H groups in total. The number of aromatic amines is 1. The predicted octanol–water partition coefficient (Wildman–Crippen LogP) is 3.10. The van der Waals surface area contributed by atoms with Gasteiger partial charge < -0.3 is 9.47 Å². The molecule has 26 heavy (non-hydrogen) atoms. The lowest BCUT2D eigenvalue weighted by atomic mass is 9.78. The first-order chi connectivity index (χ1) is 12.7. The third-order valence-corrected chi connectivity index (χ3v) is 5.35. The van der Waals surface area contributed by atoms with Crippen LogP contribution in [0.5, 0.6) is 11.5 Å². The summed E-state index contributed by atoms with van der Waals surface area (Å²) < 4.78 is 11.4. The predicted molar refractivity (Wildman–Crippen MR) is 95.7 cm³/mol. The Morgan fingerprint density at radius 3 is 2.69 bits per heavy atom. The fourth-order valence-corrected chi connectivity index (χ4v) is 3.97. The minimum absolute atomic E-state index is 0.0582. The van der Waals surface area contributed by atoms with Gasteiger partial charge in [0.2, 0.25) is 0 Å². The molecule has 2 heterocycles. The Morgan fingerprint density at radius 2 is 1.92 bits per heavy atom. The van der Waals surface area contributed by atoms with E-state index in [4.69, 9.17) is 9.47 Å². The summed E-state index contributed by atoms with van der Waals surface area (Å²) in [5, 5.41) is 14.5. The molecular weight excluding hydrogens is 334 g/mol. The lowest BCUT2D eigenvalue weighted by Gasteiger charge is -2.29. The number of nitrogens with zero attached hydrogens (tertiary/aromatic N) is 1. The molecule has 1 aromatic heterocycles. The van der Waals surface area contributed by atoms with Gasteiger partial charge in [-0.1, -0.05) is 18.9 Å². The Labute approximate surface area is 151 Å². The van der Waals surface area contributed by atoms with E-state index in [1.807, 2.05) is 6.07 Å². The van der Waals surface area contributed by atoms with E-state index in [9.17, 15) is 10.1 Å². The standard InChI is InChI=1S/C19H21N3O4/c23-22(24)15-4-3-9-20-18(15)21-13-19(7-1-2-8-19)14-5-6-16-17(12-14)26-11-10-25-16/h3-6,9,12H,1-2,7-8,10-11,13H2,(H,20,21)/p+1. The molecule has 7 nitrogen and oxygen atoms in total. The van der Waals surface area contributed by atoms with Gasteiger partial charge in [-0.2, -0.15) is 0 Å². The first-order valence-corrected chi connectivity index (χ1v) is 8.97. The summed E-state index contributed by atoms with van der Waals surface area (Å²) in [7, 11) is 0. The number of benzene rings is 1. The van der Waals surface area contributed by atoms with Crippen LogP contribution in [0.15, 0.2) is 36.5 Å². The average Bonchev–Trinajstić information content (AvgIpc) is 3.16. The van der Waals surface area contributed by atoms with Crippen molar-refractivity contribution in [2.24, 2.45) is 0 Å². The van der Waals surface area contributed by atoms with Crippen LogP contribution in [-0.4, -0.2) is 24.7 Å². The lowest BCUT2D eigenvalue weighted by molar-refractivity contribution is -0.409. The SMILES string of the molecule is O=[N+]([O-])c1ccc[nH+]c1NCC1(c2ccc3c(c2)OCCO3)CCCC1. The summed E-state index contributed by atoms with van der Waals surface area (Å²) in [6, 6.07) is 9.29. The van der Waals surface area contributed by atoms with Crippen LogP contribution in [0.4, 0.5) is 11.5 Å². The number of anilines is 1. The number of H-pyrrole nitrogens is 1. The van der Waals surface area contributed by atoms with Crippen LogP contribution in [-0.2, 0) is 5.41 Å². The molecule has 0 atom stereocenters. The average molecular weight is 356 g/mol. The van der Waals surface area contributed by atoms with Crippen LogP contribution in [0, 0.1) is 10.1 Å². The minimum atomic E-state index is -0.371. The van der Waals surface area contributed by atoms with Gasteiger partial charge in [0.15, 0.2) is 11.5 Å². The van der Waals surface area contributed by atoms with Crippen molar-refractivity contribution >= 4 is 11.5 Å². The van der Waals surface area contributed by atoms with E-state index >= 15 is 0 Å². The number of fused-ring (bicyclic) bond motifs is 1. The maximum atomic E-state index is 11.2. The van der Waals surface area contributed by atoms with Crippen molar-refractivity contribution in [1.82, 2.24) is 0 Å². The Balaban J connectivity index is 1.61. The molecule has 1 aliphatic carbocycles. The molecule has 1 aromatic carbocycles. The van der Waals surface area contributed by atoms with E-state index in [1.165, 1.54) is 11.6 Å². The molecule has 1 saturated carbocycles. The van der Waals surface area contributed by atoms with E-state index in [0.29, 0.717) is 25.6 Å². The highest BCUT2D eigenvalue weighted by molar-refractivity contribution is 5.52. The molecule has 1 fully saturated rings. The highest BCUT2D eigenvalue weighted by Gasteiger charge is 2.39. The number of aromatic nitrogens is 1. The lowest BCUT2D eigenvalue weighted by Crippen LogP contribution is -2.33. The van der Waals surface area contributed by atoms with Gasteiger partial charge in [-0.15, -0.1) is 0 Å². The van der Waals surface area contributed by atoms with E-state index < -0.39 is 0 Å². The van der Waals surface area contributed by atoms with Gasteiger partial charge >= 0.3 is 11.5 Å². The molecule has 0 bridgehead atoms. The zero-order chi connectivity index (χ0) is 18.0. The maximum absolute atomic E-state index is 11.2. The zero-order valence-electron chi connectivity index (χ0n) is 14.5. The number of hydrogen-bond acceptors (Lipinski definition) is 5. The second-order valence-corrected chi connectivity index (χ2v) is 6.89. The molecule has 0 saturated heterocycles. The van der Waals surface area contributed by atoms with Crippen LogP contribution >= 0.6 is 0 Å². The molecule has 136 valence electrons. The summed E-state index contributed by atoms with van der Waals surface area (Å²) in [5.74, 6) is 2.02. The van der Waals surface area contributed by atoms with E-state index in [-0.39, 0.29) is 16.0 Å². The Bertz CT molecular complexity index is 818. The number of hydrogen-bond donors (Lipinski definition) is 1.